The molecule has 2 amide bonds. The number of carboxylic acids is 1. The summed E-state index contributed by atoms with van der Waals surface area (Å²) in [6, 6.07) is 15.4. The zero-order valence-corrected chi connectivity index (χ0v) is 20.0. The molecule has 0 spiro atoms. The molecule has 2 unspecified atom stereocenters. The Morgan fingerprint density at radius 1 is 1.06 bits per heavy atom. The Hall–Kier alpha value is -3.39. The number of nitrogens with one attached hydrogen (secondary N) is 2. The minimum Gasteiger partial charge on any atom is -0.479 e. The van der Waals surface area contributed by atoms with Crippen LogP contribution in [0, 0.1) is 11.8 Å². The van der Waals surface area contributed by atoms with Crippen molar-refractivity contribution in [1.29, 1.82) is 0 Å². The van der Waals surface area contributed by atoms with Gasteiger partial charge in [0, 0.05) is 25.0 Å². The molecule has 35 heavy (non-hydrogen) atoms. The van der Waals surface area contributed by atoms with Gasteiger partial charge >= 0.3 is 12.1 Å². The van der Waals surface area contributed by atoms with Crippen molar-refractivity contribution in [2.45, 2.75) is 44.8 Å². The van der Waals surface area contributed by atoms with Crippen LogP contribution in [0.2, 0.25) is 0 Å². The van der Waals surface area contributed by atoms with Crippen LogP contribution in [0.4, 0.5) is 4.79 Å². The molecule has 1 aliphatic heterocycles. The van der Waals surface area contributed by atoms with Crippen molar-refractivity contribution in [2.24, 2.45) is 11.8 Å². The lowest BCUT2D eigenvalue weighted by Crippen LogP contribution is -2.49. The topological polar surface area (TPSA) is 114 Å². The van der Waals surface area contributed by atoms with Gasteiger partial charge in [-0.1, -0.05) is 62.4 Å². The van der Waals surface area contributed by atoms with Crippen LogP contribution in [0.25, 0.3) is 11.1 Å². The van der Waals surface area contributed by atoms with Gasteiger partial charge in [-0.25, -0.2) is 9.59 Å². The number of carbonyl (C=O) groups excluding carboxylic acids is 2. The molecule has 3 atom stereocenters. The molecule has 2 aliphatic rings. The number of hydrogen-bond donors (Lipinski definition) is 3. The van der Waals surface area contributed by atoms with E-state index in [-0.39, 0.29) is 36.8 Å². The number of alkyl carbamates (subject to hydrolysis) is 1. The third kappa shape index (κ3) is 5.65. The van der Waals surface area contributed by atoms with E-state index in [0.717, 1.165) is 22.3 Å². The van der Waals surface area contributed by atoms with E-state index >= 15 is 0 Å². The number of hydrogen-bond acceptors (Lipinski definition) is 5. The fourth-order valence-corrected chi connectivity index (χ4v) is 4.96. The maximum atomic E-state index is 12.9. The van der Waals surface area contributed by atoms with Crippen LogP contribution in [0.15, 0.2) is 48.5 Å². The Kier molecular flexibility index (Phi) is 7.70. The Labute approximate surface area is 205 Å². The standard InChI is InChI=1S/C27H32N2O6/c1-16(2)13-23(25(30)28-14-17-11-12-34-24(17)26(31)32)29-27(33)35-15-22-20-9-5-3-7-18(20)19-8-4-6-10-21(19)22/h3-10,16-17,22-24H,11-15H2,1-2H3,(H,28,30)(H,29,33)(H,31,32)/t17?,23-,24?/m0/s1. The Bertz CT molecular complexity index is 1040. The van der Waals surface area contributed by atoms with E-state index in [1.165, 1.54) is 0 Å². The van der Waals surface area contributed by atoms with E-state index < -0.39 is 24.2 Å². The first-order valence-electron chi connectivity index (χ1n) is 12.1. The normalized spacial score (nSPS) is 19.6. The van der Waals surface area contributed by atoms with Crippen LogP contribution < -0.4 is 10.6 Å². The van der Waals surface area contributed by atoms with E-state index in [0.29, 0.717) is 19.4 Å². The van der Waals surface area contributed by atoms with Gasteiger partial charge in [-0.3, -0.25) is 4.79 Å². The number of amides is 2. The predicted octanol–water partition coefficient (Wildman–Crippen LogP) is 3.55. The largest absolute Gasteiger partial charge is 0.479 e. The SMILES string of the molecule is CC(C)C[C@H](NC(=O)OCC1c2ccccc2-c2ccccc21)C(=O)NCC1CCOC1C(=O)O. The molecular formula is C27H32N2O6. The highest BCUT2D eigenvalue weighted by atomic mass is 16.5. The molecule has 1 aliphatic carbocycles. The van der Waals surface area contributed by atoms with Crippen molar-refractivity contribution in [2.75, 3.05) is 19.8 Å². The summed E-state index contributed by atoms with van der Waals surface area (Å²) in [4.78, 5) is 36.9. The Morgan fingerprint density at radius 3 is 2.29 bits per heavy atom. The van der Waals surface area contributed by atoms with E-state index in [2.05, 4.69) is 22.8 Å². The van der Waals surface area contributed by atoms with Crippen molar-refractivity contribution in [1.82, 2.24) is 10.6 Å². The second kappa shape index (κ2) is 10.9. The van der Waals surface area contributed by atoms with Gasteiger partial charge in [-0.15, -0.1) is 0 Å². The highest BCUT2D eigenvalue weighted by Crippen LogP contribution is 2.44. The number of benzene rings is 2. The van der Waals surface area contributed by atoms with Crippen molar-refractivity contribution in [3.8, 4) is 11.1 Å². The molecular weight excluding hydrogens is 448 g/mol. The summed E-state index contributed by atoms with van der Waals surface area (Å²) in [5, 5.41) is 14.8. The van der Waals surface area contributed by atoms with E-state index in [1.54, 1.807) is 0 Å². The second-order valence-electron chi connectivity index (χ2n) is 9.58. The van der Waals surface area contributed by atoms with Gasteiger partial charge in [-0.2, -0.15) is 0 Å². The first-order valence-corrected chi connectivity index (χ1v) is 12.1. The average molecular weight is 481 g/mol. The number of aliphatic carboxylic acids is 1. The number of ether oxygens (including phenoxy) is 2. The predicted molar refractivity (Wildman–Crippen MR) is 130 cm³/mol. The van der Waals surface area contributed by atoms with E-state index in [1.807, 2.05) is 50.2 Å². The highest BCUT2D eigenvalue weighted by molar-refractivity contribution is 5.86. The minimum absolute atomic E-state index is 0.0687. The summed E-state index contributed by atoms with van der Waals surface area (Å²) in [7, 11) is 0. The fourth-order valence-electron chi connectivity index (χ4n) is 4.96. The summed E-state index contributed by atoms with van der Waals surface area (Å²) >= 11 is 0. The molecule has 1 fully saturated rings. The molecule has 1 heterocycles. The molecule has 2 aromatic rings. The van der Waals surface area contributed by atoms with Gasteiger partial charge in [0.2, 0.25) is 5.91 Å². The Balaban J connectivity index is 1.36. The second-order valence-corrected chi connectivity index (χ2v) is 9.58. The van der Waals surface area contributed by atoms with Gasteiger partial charge in [0.05, 0.1) is 0 Å². The maximum Gasteiger partial charge on any atom is 0.407 e. The Morgan fingerprint density at radius 2 is 1.69 bits per heavy atom. The number of carbonyl (C=O) groups is 3. The maximum absolute atomic E-state index is 12.9. The molecule has 1 saturated heterocycles. The fraction of sp³-hybridized carbons (Fsp3) is 0.444. The van der Waals surface area contributed by atoms with Crippen LogP contribution in [0.5, 0.6) is 0 Å². The van der Waals surface area contributed by atoms with Crippen molar-refractivity contribution in [3.05, 3.63) is 59.7 Å². The highest BCUT2D eigenvalue weighted by Gasteiger charge is 2.35. The molecule has 8 nitrogen and oxygen atoms in total. The van der Waals surface area contributed by atoms with Crippen molar-refractivity contribution in [3.63, 3.8) is 0 Å². The molecule has 4 rings (SSSR count). The lowest BCUT2D eigenvalue weighted by Gasteiger charge is -2.22. The first kappa shape index (κ1) is 24.7. The molecule has 0 bridgehead atoms. The van der Waals surface area contributed by atoms with E-state index in [9.17, 15) is 19.5 Å². The van der Waals surface area contributed by atoms with E-state index in [4.69, 9.17) is 9.47 Å². The third-order valence-corrected chi connectivity index (χ3v) is 6.66. The van der Waals surface area contributed by atoms with Crippen LogP contribution in [-0.2, 0) is 19.1 Å². The lowest BCUT2D eigenvalue weighted by molar-refractivity contribution is -0.149. The third-order valence-electron chi connectivity index (χ3n) is 6.66. The molecule has 186 valence electrons. The molecule has 0 radical (unpaired) electrons. The summed E-state index contributed by atoms with van der Waals surface area (Å²) in [6.07, 6.45) is -0.583. The van der Waals surface area contributed by atoms with Gasteiger partial charge in [0.25, 0.3) is 0 Å². The summed E-state index contributed by atoms with van der Waals surface area (Å²) in [5.41, 5.74) is 4.52. The smallest absolute Gasteiger partial charge is 0.407 e. The molecule has 3 N–H and O–H groups in total. The molecule has 0 saturated carbocycles. The quantitative estimate of drug-likeness (QED) is 0.506. The van der Waals surface area contributed by atoms with Crippen LogP contribution in [-0.4, -0.2) is 55.0 Å². The van der Waals surface area contributed by atoms with Crippen molar-refractivity contribution >= 4 is 18.0 Å². The van der Waals surface area contributed by atoms with Crippen LogP contribution in [0.1, 0.15) is 43.7 Å². The zero-order chi connectivity index (χ0) is 24.9. The molecule has 0 aromatic heterocycles. The van der Waals surface area contributed by atoms with Crippen LogP contribution >= 0.6 is 0 Å². The van der Waals surface area contributed by atoms with Crippen molar-refractivity contribution < 1.29 is 29.0 Å². The molecule has 2 aromatic carbocycles. The number of rotatable bonds is 9. The monoisotopic (exact) mass is 480 g/mol. The van der Waals surface area contributed by atoms with Gasteiger partial charge < -0.3 is 25.2 Å². The minimum atomic E-state index is -1.03. The summed E-state index contributed by atoms with van der Waals surface area (Å²) < 4.78 is 10.8. The summed E-state index contributed by atoms with van der Waals surface area (Å²) in [5.74, 6) is -1.60. The first-order chi connectivity index (χ1) is 16.8. The lowest BCUT2D eigenvalue weighted by atomic mass is 9.98. The zero-order valence-electron chi connectivity index (χ0n) is 20.0. The average Bonchev–Trinajstić information content (AvgIpc) is 3.43. The number of carboxylic acid groups (broad SMARTS) is 1. The molecule has 8 heteroatoms. The van der Waals surface area contributed by atoms with Gasteiger partial charge in [0.15, 0.2) is 6.10 Å². The van der Waals surface area contributed by atoms with Gasteiger partial charge in [-0.05, 0) is 41.0 Å². The number of fused-ring (bicyclic) bond motifs is 3. The van der Waals surface area contributed by atoms with Gasteiger partial charge in [0.1, 0.15) is 12.6 Å². The summed E-state index contributed by atoms with van der Waals surface area (Å²) in [6.45, 7) is 4.62. The van der Waals surface area contributed by atoms with Crippen LogP contribution in [0.3, 0.4) is 0 Å².